The van der Waals surface area contributed by atoms with Gasteiger partial charge in [0.25, 0.3) is 5.91 Å². The molecule has 182 valence electrons. The normalized spacial score (nSPS) is 17.4. The quantitative estimate of drug-likeness (QED) is 0.611. The van der Waals surface area contributed by atoms with Gasteiger partial charge in [0.05, 0.1) is 26.7 Å². The number of methoxy groups -OCH3 is 2. The van der Waals surface area contributed by atoms with Crippen LogP contribution in [0.25, 0.3) is 0 Å². The Morgan fingerprint density at radius 1 is 1.03 bits per heavy atom. The molecule has 8 nitrogen and oxygen atoms in total. The van der Waals surface area contributed by atoms with Crippen molar-refractivity contribution in [2.75, 3.05) is 60.5 Å². The van der Waals surface area contributed by atoms with Gasteiger partial charge in [0.15, 0.2) is 11.5 Å². The second kappa shape index (κ2) is 10.9. The van der Waals surface area contributed by atoms with Crippen LogP contribution in [-0.2, 0) is 11.3 Å². The van der Waals surface area contributed by atoms with E-state index >= 15 is 0 Å². The SMILES string of the molecule is COc1ccc([C@@H](CC(=O)NCCN2CCN(C)CC2)N2Cc3ccccc3C2=O)cc1OC. The molecule has 2 amide bonds. The van der Waals surface area contributed by atoms with Gasteiger partial charge < -0.3 is 24.6 Å². The average Bonchev–Trinajstić information content (AvgIpc) is 3.19. The zero-order chi connectivity index (χ0) is 24.1. The van der Waals surface area contributed by atoms with E-state index in [-0.39, 0.29) is 18.2 Å². The highest BCUT2D eigenvalue weighted by atomic mass is 16.5. The first-order chi connectivity index (χ1) is 16.5. The Bertz CT molecular complexity index is 1020. The third kappa shape index (κ3) is 5.34. The zero-order valence-electron chi connectivity index (χ0n) is 20.3. The number of carbonyl (C=O) groups is 2. The Morgan fingerprint density at radius 2 is 1.76 bits per heavy atom. The molecule has 1 N–H and O–H groups in total. The van der Waals surface area contributed by atoms with Crippen LogP contribution >= 0.6 is 0 Å². The lowest BCUT2D eigenvalue weighted by atomic mass is 10.0. The van der Waals surface area contributed by atoms with Gasteiger partial charge in [-0.2, -0.15) is 0 Å². The van der Waals surface area contributed by atoms with E-state index in [2.05, 4.69) is 22.2 Å². The minimum Gasteiger partial charge on any atom is -0.493 e. The van der Waals surface area contributed by atoms with Crippen LogP contribution < -0.4 is 14.8 Å². The molecule has 0 aliphatic carbocycles. The fraction of sp³-hybridized carbons (Fsp3) is 0.462. The number of rotatable bonds is 9. The van der Waals surface area contributed by atoms with Crippen LogP contribution in [0.4, 0.5) is 0 Å². The standard InChI is InChI=1S/C26H34N4O4/c1-28-12-14-29(15-13-28)11-10-27-25(31)17-22(19-8-9-23(33-2)24(16-19)34-3)30-18-20-6-4-5-7-21(20)26(30)32/h4-9,16,22H,10-15,17-18H2,1-3H3,(H,27,31)/t22-/m1/s1. The predicted molar refractivity (Wildman–Crippen MR) is 130 cm³/mol. The van der Waals surface area contributed by atoms with Crippen molar-refractivity contribution in [3.05, 3.63) is 59.2 Å². The number of amides is 2. The van der Waals surface area contributed by atoms with E-state index in [0.29, 0.717) is 30.2 Å². The van der Waals surface area contributed by atoms with Gasteiger partial charge in [-0.1, -0.05) is 24.3 Å². The largest absolute Gasteiger partial charge is 0.493 e. The second-order valence-electron chi connectivity index (χ2n) is 8.92. The number of nitrogens with zero attached hydrogens (tertiary/aromatic N) is 3. The lowest BCUT2D eigenvalue weighted by Crippen LogP contribution is -2.47. The minimum absolute atomic E-state index is 0.0550. The molecule has 0 spiro atoms. The first kappa shape index (κ1) is 24.0. The maximum atomic E-state index is 13.2. The molecular weight excluding hydrogens is 432 g/mol. The molecule has 0 unspecified atom stereocenters. The maximum Gasteiger partial charge on any atom is 0.255 e. The molecule has 1 saturated heterocycles. The van der Waals surface area contributed by atoms with Gasteiger partial charge in [0.2, 0.25) is 5.91 Å². The van der Waals surface area contributed by atoms with Crippen LogP contribution in [-0.4, -0.2) is 87.0 Å². The van der Waals surface area contributed by atoms with Gasteiger partial charge >= 0.3 is 0 Å². The molecule has 2 aromatic rings. The monoisotopic (exact) mass is 466 g/mol. The van der Waals surface area contributed by atoms with E-state index in [1.54, 1.807) is 19.1 Å². The Balaban J connectivity index is 1.48. The Kier molecular flexibility index (Phi) is 7.70. The molecule has 8 heteroatoms. The molecule has 1 fully saturated rings. The number of hydrogen-bond donors (Lipinski definition) is 1. The average molecular weight is 467 g/mol. The van der Waals surface area contributed by atoms with Crippen molar-refractivity contribution < 1.29 is 19.1 Å². The summed E-state index contributed by atoms with van der Waals surface area (Å²) in [5.41, 5.74) is 2.52. The summed E-state index contributed by atoms with van der Waals surface area (Å²) >= 11 is 0. The van der Waals surface area contributed by atoms with E-state index in [9.17, 15) is 9.59 Å². The molecule has 2 heterocycles. The molecule has 2 aromatic carbocycles. The lowest BCUT2D eigenvalue weighted by molar-refractivity contribution is -0.122. The van der Waals surface area contributed by atoms with E-state index in [0.717, 1.165) is 43.9 Å². The first-order valence-electron chi connectivity index (χ1n) is 11.8. The Labute approximate surface area is 201 Å². The molecule has 0 radical (unpaired) electrons. The summed E-state index contributed by atoms with van der Waals surface area (Å²) in [7, 11) is 5.30. The first-order valence-corrected chi connectivity index (χ1v) is 11.8. The van der Waals surface area contributed by atoms with E-state index in [1.165, 1.54) is 0 Å². The lowest BCUT2D eigenvalue weighted by Gasteiger charge is -2.32. The number of piperazine rings is 1. The van der Waals surface area contributed by atoms with Gasteiger partial charge in [0, 0.05) is 51.4 Å². The van der Waals surface area contributed by atoms with Crippen molar-refractivity contribution in [3.8, 4) is 11.5 Å². The van der Waals surface area contributed by atoms with Crippen LogP contribution in [0.5, 0.6) is 11.5 Å². The number of likely N-dealkylation sites (N-methyl/N-ethyl adjacent to an activating group) is 1. The molecule has 2 aliphatic heterocycles. The smallest absolute Gasteiger partial charge is 0.255 e. The van der Waals surface area contributed by atoms with Crippen molar-refractivity contribution >= 4 is 11.8 Å². The topological polar surface area (TPSA) is 74.4 Å². The van der Waals surface area contributed by atoms with E-state index < -0.39 is 6.04 Å². The summed E-state index contributed by atoms with van der Waals surface area (Å²) in [6, 6.07) is 12.8. The molecular formula is C26H34N4O4. The number of fused-ring (bicyclic) bond motifs is 1. The predicted octanol–water partition coefficient (Wildman–Crippen LogP) is 2.15. The van der Waals surface area contributed by atoms with Crippen molar-refractivity contribution in [2.45, 2.75) is 19.0 Å². The Hall–Kier alpha value is -3.10. The van der Waals surface area contributed by atoms with Crippen molar-refractivity contribution in [2.24, 2.45) is 0 Å². The number of benzene rings is 2. The highest BCUT2D eigenvalue weighted by Gasteiger charge is 2.34. The van der Waals surface area contributed by atoms with E-state index in [4.69, 9.17) is 9.47 Å². The van der Waals surface area contributed by atoms with Gasteiger partial charge in [-0.25, -0.2) is 0 Å². The summed E-state index contributed by atoms with van der Waals surface area (Å²) in [4.78, 5) is 32.7. The highest BCUT2D eigenvalue weighted by Crippen LogP contribution is 2.37. The number of nitrogens with one attached hydrogen (secondary N) is 1. The number of ether oxygens (including phenoxy) is 2. The molecule has 0 aromatic heterocycles. The third-order valence-electron chi connectivity index (χ3n) is 6.74. The van der Waals surface area contributed by atoms with Crippen LogP contribution in [0.2, 0.25) is 0 Å². The fourth-order valence-corrected chi connectivity index (χ4v) is 4.67. The van der Waals surface area contributed by atoms with Crippen LogP contribution in [0, 0.1) is 0 Å². The number of carbonyl (C=O) groups excluding carboxylic acids is 2. The maximum absolute atomic E-state index is 13.2. The minimum atomic E-state index is -0.414. The summed E-state index contributed by atoms with van der Waals surface area (Å²) in [6.45, 7) is 6.02. The summed E-state index contributed by atoms with van der Waals surface area (Å²) in [6.07, 6.45) is 0.179. The van der Waals surface area contributed by atoms with Crippen LogP contribution in [0.15, 0.2) is 42.5 Å². The highest BCUT2D eigenvalue weighted by molar-refractivity contribution is 5.98. The Morgan fingerprint density at radius 3 is 2.47 bits per heavy atom. The molecule has 1 atom stereocenters. The summed E-state index contributed by atoms with van der Waals surface area (Å²) in [5, 5.41) is 3.06. The van der Waals surface area contributed by atoms with Crippen molar-refractivity contribution in [1.82, 2.24) is 20.0 Å². The van der Waals surface area contributed by atoms with E-state index in [1.807, 2.05) is 42.5 Å². The van der Waals surface area contributed by atoms with Gasteiger partial charge in [-0.15, -0.1) is 0 Å². The molecule has 0 saturated carbocycles. The fourth-order valence-electron chi connectivity index (χ4n) is 4.67. The third-order valence-corrected chi connectivity index (χ3v) is 6.74. The van der Waals surface area contributed by atoms with Gasteiger partial charge in [-0.05, 0) is 36.4 Å². The van der Waals surface area contributed by atoms with Crippen LogP contribution in [0.1, 0.15) is 33.9 Å². The van der Waals surface area contributed by atoms with Crippen LogP contribution in [0.3, 0.4) is 0 Å². The van der Waals surface area contributed by atoms with Gasteiger partial charge in [0.1, 0.15) is 0 Å². The summed E-state index contributed by atoms with van der Waals surface area (Å²) in [5.74, 6) is 1.06. The van der Waals surface area contributed by atoms with Crippen molar-refractivity contribution in [3.63, 3.8) is 0 Å². The molecule has 34 heavy (non-hydrogen) atoms. The summed E-state index contributed by atoms with van der Waals surface area (Å²) < 4.78 is 10.9. The molecule has 0 bridgehead atoms. The molecule has 4 rings (SSSR count). The number of hydrogen-bond acceptors (Lipinski definition) is 6. The molecule has 2 aliphatic rings. The zero-order valence-corrected chi connectivity index (χ0v) is 20.3. The van der Waals surface area contributed by atoms with Gasteiger partial charge in [-0.3, -0.25) is 14.5 Å². The van der Waals surface area contributed by atoms with Crippen molar-refractivity contribution in [1.29, 1.82) is 0 Å². The second-order valence-corrected chi connectivity index (χ2v) is 8.92.